The molecule has 0 radical (unpaired) electrons. The van der Waals surface area contributed by atoms with Crippen LogP contribution in [0.5, 0.6) is 5.75 Å². The summed E-state index contributed by atoms with van der Waals surface area (Å²) in [4.78, 5) is 0. The zero-order valence-corrected chi connectivity index (χ0v) is 18.7. The highest BCUT2D eigenvalue weighted by atomic mass is 19.2. The largest absolute Gasteiger partial charge is 0.497 e. The van der Waals surface area contributed by atoms with Crippen molar-refractivity contribution in [1.29, 1.82) is 0 Å². The van der Waals surface area contributed by atoms with Crippen molar-refractivity contribution >= 4 is 21.5 Å². The molecule has 0 saturated heterocycles. The van der Waals surface area contributed by atoms with E-state index < -0.39 is 102 Å². The average molecular weight is 540 g/mol. The molecule has 0 amide bonds. The van der Waals surface area contributed by atoms with Gasteiger partial charge in [-0.3, -0.25) is 0 Å². The van der Waals surface area contributed by atoms with Crippen LogP contribution in [0.4, 0.5) is 43.9 Å². The molecule has 0 aliphatic heterocycles. The smallest absolute Gasteiger partial charge is 0.200 e. The van der Waals surface area contributed by atoms with E-state index in [0.29, 0.717) is 12.1 Å². The maximum atomic E-state index is 15.3. The maximum Gasteiger partial charge on any atom is 0.200 e. The topological polar surface area (TPSA) is 9.23 Å². The summed E-state index contributed by atoms with van der Waals surface area (Å²) in [6.45, 7) is 0. The van der Waals surface area contributed by atoms with Gasteiger partial charge in [0.25, 0.3) is 0 Å². The summed E-state index contributed by atoms with van der Waals surface area (Å²) in [6, 6.07) is 5.03. The Kier molecular flexibility index (Phi) is 5.96. The molecule has 0 bridgehead atoms. The molecule has 5 aromatic carbocycles. The Bertz CT molecular complexity index is 1760. The van der Waals surface area contributed by atoms with Gasteiger partial charge in [-0.1, -0.05) is 12.1 Å². The maximum absolute atomic E-state index is 15.3. The van der Waals surface area contributed by atoms with E-state index in [0.717, 1.165) is 37.4 Å². The molecule has 0 heterocycles. The van der Waals surface area contributed by atoms with Crippen LogP contribution in [0.1, 0.15) is 0 Å². The van der Waals surface area contributed by atoms with Crippen molar-refractivity contribution in [2.75, 3.05) is 7.11 Å². The van der Waals surface area contributed by atoms with Gasteiger partial charge in [0.05, 0.1) is 18.2 Å². The minimum Gasteiger partial charge on any atom is -0.497 e. The highest BCUT2D eigenvalue weighted by Gasteiger charge is 2.32. The van der Waals surface area contributed by atoms with E-state index in [9.17, 15) is 30.7 Å². The molecule has 0 aromatic heterocycles. The molecule has 0 aliphatic rings. The summed E-state index contributed by atoms with van der Waals surface area (Å²) in [6.07, 6.45) is 0. The minimum atomic E-state index is -2.51. The van der Waals surface area contributed by atoms with E-state index in [-0.39, 0.29) is 5.75 Å². The van der Waals surface area contributed by atoms with Crippen LogP contribution in [-0.4, -0.2) is 7.11 Å². The summed E-state index contributed by atoms with van der Waals surface area (Å²) in [5, 5.41) is -2.75. The first-order chi connectivity index (χ1) is 18.0. The molecule has 0 fully saturated rings. The van der Waals surface area contributed by atoms with Crippen molar-refractivity contribution in [3.05, 3.63) is 101 Å². The number of methoxy groups -OCH3 is 1. The Morgan fingerprint density at radius 2 is 0.947 bits per heavy atom. The molecule has 0 saturated carbocycles. The number of hydrogen-bond acceptors (Lipinski definition) is 1. The molecular formula is C27H10F10O. The van der Waals surface area contributed by atoms with Crippen LogP contribution < -0.4 is 4.74 Å². The van der Waals surface area contributed by atoms with Crippen LogP contribution in [-0.2, 0) is 0 Å². The normalized spacial score (nSPS) is 11.6. The first-order valence-electron chi connectivity index (χ1n) is 10.6. The second kappa shape index (κ2) is 8.93. The lowest BCUT2D eigenvalue weighted by atomic mass is 9.85. The number of hydrogen-bond donors (Lipinski definition) is 0. The van der Waals surface area contributed by atoms with E-state index in [2.05, 4.69) is 0 Å². The second-order valence-corrected chi connectivity index (χ2v) is 8.14. The third-order valence-electron chi connectivity index (χ3n) is 6.09. The third-order valence-corrected chi connectivity index (χ3v) is 6.09. The van der Waals surface area contributed by atoms with Crippen LogP contribution in [0.25, 0.3) is 43.8 Å². The lowest BCUT2D eigenvalue weighted by Crippen LogP contribution is -2.06. The molecule has 5 aromatic rings. The summed E-state index contributed by atoms with van der Waals surface area (Å²) in [5.74, 6) is -19.4. The van der Waals surface area contributed by atoms with Gasteiger partial charge in [-0.05, 0) is 34.4 Å². The minimum absolute atomic E-state index is 0.265. The van der Waals surface area contributed by atoms with Gasteiger partial charge in [0.1, 0.15) is 23.2 Å². The van der Waals surface area contributed by atoms with Gasteiger partial charge in [0, 0.05) is 28.6 Å². The van der Waals surface area contributed by atoms with Crippen LogP contribution >= 0.6 is 0 Å². The summed E-state index contributed by atoms with van der Waals surface area (Å²) in [5.41, 5.74) is -4.13. The Hall–Kier alpha value is -4.28. The Labute approximate surface area is 206 Å². The third kappa shape index (κ3) is 3.56. The fourth-order valence-corrected chi connectivity index (χ4v) is 4.49. The van der Waals surface area contributed by atoms with Crippen LogP contribution in [0.2, 0.25) is 0 Å². The highest BCUT2D eigenvalue weighted by molar-refractivity contribution is 6.21. The van der Waals surface area contributed by atoms with Crippen molar-refractivity contribution in [2.24, 2.45) is 0 Å². The highest BCUT2D eigenvalue weighted by Crippen LogP contribution is 2.48. The van der Waals surface area contributed by atoms with Crippen molar-refractivity contribution < 1.29 is 48.6 Å². The van der Waals surface area contributed by atoms with Crippen molar-refractivity contribution in [2.45, 2.75) is 0 Å². The van der Waals surface area contributed by atoms with E-state index in [1.54, 1.807) is 0 Å². The van der Waals surface area contributed by atoms with Gasteiger partial charge < -0.3 is 4.74 Å². The van der Waals surface area contributed by atoms with Crippen LogP contribution in [0.15, 0.2) is 42.5 Å². The molecule has 0 spiro atoms. The predicted molar refractivity (Wildman–Crippen MR) is 118 cm³/mol. The number of ether oxygens (including phenoxy) is 1. The predicted octanol–water partition coefficient (Wildman–Crippen LogP) is 8.73. The molecule has 1 nitrogen and oxygen atoms in total. The fourth-order valence-electron chi connectivity index (χ4n) is 4.49. The molecule has 0 aliphatic carbocycles. The molecule has 0 N–H and O–H groups in total. The van der Waals surface area contributed by atoms with Gasteiger partial charge in [0.15, 0.2) is 34.9 Å². The number of fused-ring (bicyclic) bond motifs is 2. The molecule has 0 unspecified atom stereocenters. The molecule has 194 valence electrons. The first kappa shape index (κ1) is 25.4. The molecule has 5 rings (SSSR count). The molecular weight excluding hydrogens is 530 g/mol. The fraction of sp³-hybridized carbons (Fsp3) is 0.0370. The van der Waals surface area contributed by atoms with Crippen molar-refractivity contribution in [3.63, 3.8) is 0 Å². The monoisotopic (exact) mass is 540 g/mol. The van der Waals surface area contributed by atoms with E-state index in [1.807, 2.05) is 0 Å². The van der Waals surface area contributed by atoms with Crippen molar-refractivity contribution in [1.82, 2.24) is 0 Å². The standard InChI is InChI=1S/C27H10F10O/c1-38-9-5-16(31)21(17(32)6-9)18-10-3-2-4-13(28)19(10)20(12-8-15(30)14(29)7-11(12)18)22-23(33)25(35)27(37)26(36)24(22)34/h2-8H,1H3. The summed E-state index contributed by atoms with van der Waals surface area (Å²) < 4.78 is 151. The van der Waals surface area contributed by atoms with Gasteiger partial charge in [-0.15, -0.1) is 0 Å². The lowest BCUT2D eigenvalue weighted by Gasteiger charge is -2.20. The average Bonchev–Trinajstić information content (AvgIpc) is 2.88. The quantitative estimate of drug-likeness (QED) is 0.0963. The Morgan fingerprint density at radius 3 is 1.47 bits per heavy atom. The molecule has 38 heavy (non-hydrogen) atoms. The Morgan fingerprint density at radius 1 is 0.447 bits per heavy atom. The number of rotatable bonds is 3. The van der Waals surface area contributed by atoms with Gasteiger partial charge in [-0.25, -0.2) is 43.9 Å². The zero-order valence-electron chi connectivity index (χ0n) is 18.7. The molecule has 0 atom stereocenters. The van der Waals surface area contributed by atoms with Crippen LogP contribution in [0.3, 0.4) is 0 Å². The summed E-state index contributed by atoms with van der Waals surface area (Å²) in [7, 11) is 1.12. The van der Waals surface area contributed by atoms with Gasteiger partial charge in [-0.2, -0.15) is 0 Å². The zero-order chi connectivity index (χ0) is 27.6. The van der Waals surface area contributed by atoms with E-state index >= 15 is 13.2 Å². The van der Waals surface area contributed by atoms with Crippen molar-refractivity contribution in [3.8, 4) is 28.0 Å². The van der Waals surface area contributed by atoms with Gasteiger partial charge >= 0.3 is 0 Å². The van der Waals surface area contributed by atoms with E-state index in [4.69, 9.17) is 4.74 Å². The second-order valence-electron chi connectivity index (χ2n) is 8.14. The number of benzene rings is 5. The van der Waals surface area contributed by atoms with Gasteiger partial charge in [0.2, 0.25) is 5.82 Å². The first-order valence-corrected chi connectivity index (χ1v) is 10.6. The van der Waals surface area contributed by atoms with E-state index in [1.165, 1.54) is 0 Å². The SMILES string of the molecule is COc1cc(F)c(-c2c3cc(F)c(F)cc3c(-c3c(F)c(F)c(F)c(F)c3F)c3c(F)cccc23)c(F)c1. The Balaban J connectivity index is 2.12. The molecule has 11 heteroatoms. The number of halogens is 10. The lowest BCUT2D eigenvalue weighted by molar-refractivity contribution is 0.381. The van der Waals surface area contributed by atoms with Crippen LogP contribution in [0, 0.1) is 58.2 Å². The summed E-state index contributed by atoms with van der Waals surface area (Å²) >= 11 is 0.